The molecule has 2 aromatic rings. The number of hydrogen-bond donors (Lipinski definition) is 2. The van der Waals surface area contributed by atoms with E-state index in [9.17, 15) is 14.4 Å². The molecule has 0 spiro atoms. The van der Waals surface area contributed by atoms with Gasteiger partial charge in [0.15, 0.2) is 23.3 Å². The number of hydrogen-bond acceptors (Lipinski definition) is 11. The highest BCUT2D eigenvalue weighted by atomic mass is 32.2. The molecule has 0 fully saturated rings. The number of aromatic nitrogens is 2. The first-order chi connectivity index (χ1) is 14.5. The number of carbonyl (C=O) groups is 3. The summed E-state index contributed by atoms with van der Waals surface area (Å²) in [6, 6.07) is 4.92. The molecule has 3 rings (SSSR count). The molecule has 1 aromatic heterocycles. The van der Waals surface area contributed by atoms with Gasteiger partial charge in [-0.25, -0.2) is 14.8 Å². The Bertz CT molecular complexity index is 970. The molecule has 0 unspecified atom stereocenters. The standard InChI is InChI=1S/C18H18N4O7S/c1-2-26-17(25)11-6-20-18(22-16(11)19)30-8-15(24)27-7-14(23)21-10-3-4-12-13(5-10)29-9-28-12/h3-6H,2,7-9H2,1H3,(H,21,23)(H2,19,20,22). The Kier molecular flexibility index (Phi) is 6.91. The van der Waals surface area contributed by atoms with Crippen molar-refractivity contribution in [3.05, 3.63) is 30.0 Å². The minimum absolute atomic E-state index is 0.0453. The van der Waals surface area contributed by atoms with Gasteiger partial charge in [0.1, 0.15) is 11.4 Å². The van der Waals surface area contributed by atoms with Gasteiger partial charge in [-0.15, -0.1) is 0 Å². The first kappa shape index (κ1) is 21.2. The summed E-state index contributed by atoms with van der Waals surface area (Å²) in [6.07, 6.45) is 1.23. The average molecular weight is 434 g/mol. The van der Waals surface area contributed by atoms with E-state index in [1.165, 1.54) is 6.20 Å². The fourth-order valence-electron chi connectivity index (χ4n) is 2.30. The molecule has 1 aromatic carbocycles. The number of benzene rings is 1. The number of ether oxygens (including phenoxy) is 4. The third-order valence-corrected chi connectivity index (χ3v) is 4.47. The highest BCUT2D eigenvalue weighted by molar-refractivity contribution is 7.99. The molecule has 0 bridgehead atoms. The van der Waals surface area contributed by atoms with E-state index in [4.69, 9.17) is 24.7 Å². The van der Waals surface area contributed by atoms with E-state index >= 15 is 0 Å². The molecule has 11 nitrogen and oxygen atoms in total. The summed E-state index contributed by atoms with van der Waals surface area (Å²) >= 11 is 0.955. The van der Waals surface area contributed by atoms with Gasteiger partial charge in [-0.3, -0.25) is 9.59 Å². The van der Waals surface area contributed by atoms with Crippen molar-refractivity contribution in [1.29, 1.82) is 0 Å². The van der Waals surface area contributed by atoms with Crippen LogP contribution in [0.1, 0.15) is 17.3 Å². The Hall–Kier alpha value is -3.54. The van der Waals surface area contributed by atoms with Crippen LogP contribution in [0.5, 0.6) is 11.5 Å². The number of thioether (sulfide) groups is 1. The van der Waals surface area contributed by atoms with E-state index in [0.717, 1.165) is 11.8 Å². The van der Waals surface area contributed by atoms with Gasteiger partial charge < -0.3 is 30.0 Å². The fraction of sp³-hybridized carbons (Fsp3) is 0.278. The van der Waals surface area contributed by atoms with Crippen molar-refractivity contribution in [3.63, 3.8) is 0 Å². The zero-order valence-electron chi connectivity index (χ0n) is 15.9. The summed E-state index contributed by atoms with van der Waals surface area (Å²) in [5.74, 6) is -0.856. The van der Waals surface area contributed by atoms with E-state index in [-0.39, 0.29) is 35.7 Å². The molecule has 30 heavy (non-hydrogen) atoms. The number of nitrogens with one attached hydrogen (secondary N) is 1. The summed E-state index contributed by atoms with van der Waals surface area (Å²) in [7, 11) is 0. The summed E-state index contributed by atoms with van der Waals surface area (Å²) in [6.45, 7) is 1.53. The summed E-state index contributed by atoms with van der Waals surface area (Å²) < 4.78 is 20.2. The molecule has 3 N–H and O–H groups in total. The predicted molar refractivity (Wildman–Crippen MR) is 105 cm³/mol. The van der Waals surface area contributed by atoms with E-state index < -0.39 is 24.5 Å². The average Bonchev–Trinajstić information content (AvgIpc) is 3.18. The molecule has 2 heterocycles. The molecule has 158 valence electrons. The number of nitrogens with zero attached hydrogens (tertiary/aromatic N) is 2. The van der Waals surface area contributed by atoms with Crippen LogP contribution in [0.4, 0.5) is 11.5 Å². The van der Waals surface area contributed by atoms with E-state index in [2.05, 4.69) is 15.3 Å². The maximum Gasteiger partial charge on any atom is 0.343 e. The Morgan fingerprint density at radius 1 is 1.23 bits per heavy atom. The van der Waals surface area contributed by atoms with Crippen LogP contribution in [-0.2, 0) is 19.1 Å². The second-order valence-corrected chi connectivity index (χ2v) is 6.68. The number of nitrogen functional groups attached to an aromatic ring is 1. The highest BCUT2D eigenvalue weighted by Gasteiger charge is 2.16. The number of esters is 2. The van der Waals surface area contributed by atoms with Gasteiger partial charge in [0.25, 0.3) is 5.91 Å². The van der Waals surface area contributed by atoms with Crippen molar-refractivity contribution in [2.45, 2.75) is 12.1 Å². The molecule has 0 atom stereocenters. The fourth-order valence-corrected chi connectivity index (χ4v) is 2.92. The summed E-state index contributed by atoms with van der Waals surface area (Å²) in [5.41, 5.74) is 6.25. The van der Waals surface area contributed by atoms with Gasteiger partial charge in [0.05, 0.1) is 12.4 Å². The number of carbonyl (C=O) groups excluding carboxylic acids is 3. The largest absolute Gasteiger partial charge is 0.462 e. The smallest absolute Gasteiger partial charge is 0.343 e. The van der Waals surface area contributed by atoms with Gasteiger partial charge in [-0.2, -0.15) is 0 Å². The van der Waals surface area contributed by atoms with Crippen LogP contribution in [0.15, 0.2) is 29.6 Å². The molecule has 0 radical (unpaired) electrons. The van der Waals surface area contributed by atoms with Crippen molar-refractivity contribution >= 4 is 41.1 Å². The van der Waals surface area contributed by atoms with Crippen LogP contribution in [-0.4, -0.2) is 53.6 Å². The van der Waals surface area contributed by atoms with Crippen molar-refractivity contribution in [3.8, 4) is 11.5 Å². The number of amides is 1. The highest BCUT2D eigenvalue weighted by Crippen LogP contribution is 2.34. The zero-order valence-corrected chi connectivity index (χ0v) is 16.7. The third-order valence-electron chi connectivity index (χ3n) is 3.63. The van der Waals surface area contributed by atoms with Crippen molar-refractivity contribution in [2.75, 3.05) is 36.8 Å². The number of rotatable bonds is 8. The van der Waals surface area contributed by atoms with Gasteiger partial charge in [0.2, 0.25) is 6.79 Å². The Morgan fingerprint density at radius 3 is 2.80 bits per heavy atom. The number of fused-ring (bicyclic) bond motifs is 1. The molecule has 12 heteroatoms. The Morgan fingerprint density at radius 2 is 2.03 bits per heavy atom. The molecular formula is C18H18N4O7S. The van der Waals surface area contributed by atoms with Crippen LogP contribution in [0.2, 0.25) is 0 Å². The lowest BCUT2D eigenvalue weighted by Gasteiger charge is -2.08. The third kappa shape index (κ3) is 5.50. The molecule has 1 aliphatic rings. The Balaban J connectivity index is 1.43. The minimum Gasteiger partial charge on any atom is -0.462 e. The molecule has 0 saturated carbocycles. The molecular weight excluding hydrogens is 416 g/mol. The minimum atomic E-state index is -0.641. The molecule has 1 aliphatic heterocycles. The monoisotopic (exact) mass is 434 g/mol. The van der Waals surface area contributed by atoms with E-state index in [1.54, 1.807) is 25.1 Å². The topological polar surface area (TPSA) is 152 Å². The van der Waals surface area contributed by atoms with Gasteiger partial charge in [0, 0.05) is 18.0 Å². The van der Waals surface area contributed by atoms with Crippen molar-refractivity contribution < 1.29 is 33.3 Å². The van der Waals surface area contributed by atoms with Crippen LogP contribution in [0, 0.1) is 0 Å². The first-order valence-corrected chi connectivity index (χ1v) is 9.72. The van der Waals surface area contributed by atoms with Crippen molar-refractivity contribution in [1.82, 2.24) is 9.97 Å². The summed E-state index contributed by atoms with van der Waals surface area (Å²) in [4.78, 5) is 43.4. The van der Waals surface area contributed by atoms with Crippen LogP contribution in [0.25, 0.3) is 0 Å². The van der Waals surface area contributed by atoms with E-state index in [0.29, 0.717) is 17.2 Å². The lowest BCUT2D eigenvalue weighted by atomic mass is 10.3. The van der Waals surface area contributed by atoms with Crippen LogP contribution >= 0.6 is 11.8 Å². The summed E-state index contributed by atoms with van der Waals surface area (Å²) in [5, 5.41) is 2.77. The SMILES string of the molecule is CCOC(=O)c1cnc(SCC(=O)OCC(=O)Nc2ccc3c(c2)OCO3)nc1N. The second kappa shape index (κ2) is 9.78. The molecule has 0 aliphatic carbocycles. The van der Waals surface area contributed by atoms with Crippen molar-refractivity contribution in [2.24, 2.45) is 0 Å². The normalized spacial score (nSPS) is 11.6. The lowest BCUT2D eigenvalue weighted by Crippen LogP contribution is -2.21. The van der Waals surface area contributed by atoms with E-state index in [1.807, 2.05) is 0 Å². The van der Waals surface area contributed by atoms with Gasteiger partial charge >= 0.3 is 11.9 Å². The number of nitrogens with two attached hydrogens (primary N) is 1. The maximum atomic E-state index is 11.9. The van der Waals surface area contributed by atoms with Crippen LogP contribution < -0.4 is 20.5 Å². The second-order valence-electron chi connectivity index (χ2n) is 5.74. The maximum absolute atomic E-state index is 11.9. The molecule has 0 saturated heterocycles. The predicted octanol–water partition coefficient (Wildman–Crippen LogP) is 1.24. The van der Waals surface area contributed by atoms with Gasteiger partial charge in [-0.05, 0) is 19.1 Å². The lowest BCUT2D eigenvalue weighted by molar-refractivity contribution is -0.144. The number of anilines is 2. The quantitative estimate of drug-likeness (QED) is 0.350. The van der Waals surface area contributed by atoms with Crippen LogP contribution in [0.3, 0.4) is 0 Å². The zero-order chi connectivity index (χ0) is 21.5. The molecule has 1 amide bonds. The van der Waals surface area contributed by atoms with Gasteiger partial charge in [-0.1, -0.05) is 11.8 Å². The Labute approximate surface area is 175 Å². The first-order valence-electron chi connectivity index (χ1n) is 8.73.